The van der Waals surface area contributed by atoms with Gasteiger partial charge in [0.15, 0.2) is 11.6 Å². The summed E-state index contributed by atoms with van der Waals surface area (Å²) in [5.74, 6) is -1.22. The van der Waals surface area contributed by atoms with Gasteiger partial charge in [0, 0.05) is 42.9 Å². The summed E-state index contributed by atoms with van der Waals surface area (Å²) >= 11 is 0. The van der Waals surface area contributed by atoms with Crippen LogP contribution in [0.5, 0.6) is 0 Å². The molecule has 2 fully saturated rings. The monoisotopic (exact) mass is 857 g/mol. The van der Waals surface area contributed by atoms with Crippen molar-refractivity contribution in [1.29, 1.82) is 0 Å². The molecule has 2 aliphatic rings. The van der Waals surface area contributed by atoms with Gasteiger partial charge in [-0.1, -0.05) is 107 Å². The van der Waals surface area contributed by atoms with Crippen LogP contribution in [0, 0.1) is 35.5 Å². The Morgan fingerprint density at radius 1 is 0.871 bits per heavy atom. The van der Waals surface area contributed by atoms with E-state index < -0.39 is 41.1 Å². The largest absolute Gasteiger partial charge is 0.445 e. The second kappa shape index (κ2) is 23.4. The van der Waals surface area contributed by atoms with Crippen LogP contribution in [0.4, 0.5) is 4.79 Å². The smallest absolute Gasteiger partial charge is 0.407 e. The van der Waals surface area contributed by atoms with E-state index >= 15 is 0 Å². The molecule has 0 aromatic heterocycles. The highest BCUT2D eigenvalue weighted by Crippen LogP contribution is 2.41. The topological polar surface area (TPSA) is 145 Å². The number of allylic oxidation sites excluding steroid dienone is 1. The molecule has 2 aliphatic heterocycles. The Kier molecular flexibility index (Phi) is 19.0. The summed E-state index contributed by atoms with van der Waals surface area (Å²) in [4.78, 5) is 71.3. The number of hydrogen-bond acceptors (Lipinski definition) is 8. The summed E-state index contributed by atoms with van der Waals surface area (Å²) in [5.41, 5.74) is 0.835. The van der Waals surface area contributed by atoms with Crippen molar-refractivity contribution in [2.75, 3.05) is 13.1 Å². The van der Waals surface area contributed by atoms with E-state index in [9.17, 15) is 29.2 Å². The molecule has 4 rings (SSSR count). The summed E-state index contributed by atoms with van der Waals surface area (Å²) in [6, 6.07) is 17.9. The SMILES string of the molecule is CC(C)C[C@H](C)/C=C/[C@H](Cc1ccccc1)C(=O)N1CCC[C@H]1C(=O)C[C@@H](C(=O)N[C@@H](CCCNC(=O)OCc1ccccc1)C(=O)CC1CC(C)(C)N(O)C(C)(C)C1)C(C)C. The lowest BCUT2D eigenvalue weighted by Crippen LogP contribution is -2.59. The second-order valence-corrected chi connectivity index (χ2v) is 20.1. The number of amides is 3. The highest BCUT2D eigenvalue weighted by molar-refractivity contribution is 5.95. The Bertz CT molecular complexity index is 1780. The van der Waals surface area contributed by atoms with E-state index in [2.05, 4.69) is 37.5 Å². The average molecular weight is 857 g/mol. The number of alkyl carbamates (subject to hydrolysis) is 1. The van der Waals surface area contributed by atoms with Crippen LogP contribution in [0.1, 0.15) is 131 Å². The number of piperidine rings is 1. The number of nitrogens with one attached hydrogen (secondary N) is 2. The zero-order valence-corrected chi connectivity index (χ0v) is 39.0. The Morgan fingerprint density at radius 3 is 2.08 bits per heavy atom. The summed E-state index contributed by atoms with van der Waals surface area (Å²) < 4.78 is 5.36. The predicted octanol–water partition coefficient (Wildman–Crippen LogP) is 9.12. The third kappa shape index (κ3) is 15.2. The van der Waals surface area contributed by atoms with Gasteiger partial charge in [-0.25, -0.2) is 4.79 Å². The third-order valence-corrected chi connectivity index (χ3v) is 12.7. The zero-order valence-electron chi connectivity index (χ0n) is 39.0. The van der Waals surface area contributed by atoms with Crippen LogP contribution < -0.4 is 10.6 Å². The molecule has 11 heteroatoms. The summed E-state index contributed by atoms with van der Waals surface area (Å²) in [7, 11) is 0. The Morgan fingerprint density at radius 2 is 1.48 bits per heavy atom. The Balaban J connectivity index is 1.46. The predicted molar refractivity (Wildman–Crippen MR) is 244 cm³/mol. The van der Waals surface area contributed by atoms with E-state index in [4.69, 9.17) is 4.74 Å². The highest BCUT2D eigenvalue weighted by Gasteiger charge is 2.46. The van der Waals surface area contributed by atoms with E-state index in [0.717, 1.165) is 17.5 Å². The Labute approximate surface area is 371 Å². The maximum Gasteiger partial charge on any atom is 0.407 e. The molecule has 2 saturated heterocycles. The minimum Gasteiger partial charge on any atom is -0.445 e. The number of rotatable bonds is 22. The number of carbonyl (C=O) groups is 5. The molecule has 0 unspecified atom stereocenters. The molecule has 62 heavy (non-hydrogen) atoms. The van der Waals surface area contributed by atoms with Gasteiger partial charge >= 0.3 is 6.09 Å². The van der Waals surface area contributed by atoms with Gasteiger partial charge in [-0.2, -0.15) is 5.06 Å². The van der Waals surface area contributed by atoms with Gasteiger partial charge < -0.3 is 25.5 Å². The van der Waals surface area contributed by atoms with Gasteiger partial charge in [0.1, 0.15) is 6.61 Å². The van der Waals surface area contributed by atoms with Crippen LogP contribution in [0.15, 0.2) is 72.8 Å². The molecule has 0 spiro atoms. The van der Waals surface area contributed by atoms with Crippen molar-refractivity contribution >= 4 is 29.5 Å². The number of nitrogens with zero attached hydrogens (tertiary/aromatic N) is 2. The molecule has 3 amide bonds. The molecule has 0 radical (unpaired) electrons. The van der Waals surface area contributed by atoms with Crippen molar-refractivity contribution in [1.82, 2.24) is 20.6 Å². The van der Waals surface area contributed by atoms with Crippen LogP contribution in [0.25, 0.3) is 0 Å². The molecule has 2 heterocycles. The normalized spacial score (nSPS) is 19.9. The van der Waals surface area contributed by atoms with Crippen molar-refractivity contribution in [3.8, 4) is 0 Å². The molecule has 11 nitrogen and oxygen atoms in total. The van der Waals surface area contributed by atoms with E-state index in [0.29, 0.717) is 56.9 Å². The van der Waals surface area contributed by atoms with Crippen molar-refractivity contribution in [2.45, 2.75) is 156 Å². The molecule has 2 aromatic rings. The number of Topliss-reactive ketones (excluding diaryl/α,β-unsaturated/α-hetero) is 2. The van der Waals surface area contributed by atoms with Crippen LogP contribution in [-0.4, -0.2) is 80.9 Å². The molecule has 5 atom stereocenters. The van der Waals surface area contributed by atoms with Crippen molar-refractivity contribution in [3.05, 3.63) is 83.9 Å². The Hall–Kier alpha value is -4.35. The number of likely N-dealkylation sites (tertiary alicyclic amines) is 1. The van der Waals surface area contributed by atoms with Crippen LogP contribution in [0.3, 0.4) is 0 Å². The molecule has 0 saturated carbocycles. The highest BCUT2D eigenvalue weighted by atomic mass is 16.5. The van der Waals surface area contributed by atoms with Crippen molar-refractivity contribution in [3.63, 3.8) is 0 Å². The number of benzene rings is 2. The first-order chi connectivity index (χ1) is 29.3. The van der Waals surface area contributed by atoms with Crippen molar-refractivity contribution in [2.24, 2.45) is 35.5 Å². The van der Waals surface area contributed by atoms with E-state index in [1.807, 2.05) is 108 Å². The van der Waals surface area contributed by atoms with Gasteiger partial charge in [-0.3, -0.25) is 19.2 Å². The number of ketones is 2. The lowest BCUT2D eigenvalue weighted by Gasteiger charge is -2.51. The molecule has 0 bridgehead atoms. The summed E-state index contributed by atoms with van der Waals surface area (Å²) in [5, 5.41) is 18.1. The lowest BCUT2D eigenvalue weighted by molar-refractivity contribution is -0.251. The maximum atomic E-state index is 14.4. The first kappa shape index (κ1) is 50.3. The first-order valence-electron chi connectivity index (χ1n) is 23.1. The minimum absolute atomic E-state index is 0.0197. The van der Waals surface area contributed by atoms with Crippen LogP contribution in [-0.2, 0) is 36.9 Å². The number of hydrogen-bond donors (Lipinski definition) is 3. The van der Waals surface area contributed by atoms with E-state index in [1.165, 1.54) is 5.06 Å². The van der Waals surface area contributed by atoms with Gasteiger partial charge in [-0.05, 0) is 114 Å². The minimum atomic E-state index is -0.840. The maximum absolute atomic E-state index is 14.4. The molecule has 342 valence electrons. The summed E-state index contributed by atoms with van der Waals surface area (Å²) in [6.07, 6.45) is 8.47. The number of carbonyl (C=O) groups excluding carboxylic acids is 5. The van der Waals surface area contributed by atoms with Crippen molar-refractivity contribution < 1.29 is 33.9 Å². The van der Waals surface area contributed by atoms with Gasteiger partial charge in [-0.15, -0.1) is 0 Å². The molecule has 0 aliphatic carbocycles. The van der Waals surface area contributed by atoms with Gasteiger partial charge in [0.2, 0.25) is 11.8 Å². The fourth-order valence-electron chi connectivity index (χ4n) is 9.73. The molecule has 3 N–H and O–H groups in total. The lowest BCUT2D eigenvalue weighted by atomic mass is 9.73. The van der Waals surface area contributed by atoms with Gasteiger partial charge in [0.25, 0.3) is 0 Å². The fourth-order valence-corrected chi connectivity index (χ4v) is 9.73. The zero-order chi connectivity index (χ0) is 45.6. The third-order valence-electron chi connectivity index (χ3n) is 12.7. The molecular weight excluding hydrogens is 781 g/mol. The second-order valence-electron chi connectivity index (χ2n) is 20.1. The standard InChI is InChI=1S/C51H76N4O7/c1-35(2)28-37(5)24-25-41(29-38-18-12-10-13-19-38)48(59)54-27-17-23-44(54)46(57)31-42(36(3)4)47(58)53-43(22-16-26-52-49(60)62-34-39-20-14-11-15-21-39)45(56)30-40-32-50(6,7)55(61)51(8,9)33-40/h10-15,18-21,24-25,35-37,40-44,61H,16-17,22-23,26-34H2,1-9H3,(H,52,60)(H,53,58)/b25-24+/t37-,41-,42-,43+,44+/m1/s1. The number of hydroxylamine groups is 2. The van der Waals surface area contributed by atoms with Gasteiger partial charge in [0.05, 0.1) is 18.0 Å². The first-order valence-corrected chi connectivity index (χ1v) is 23.1. The van der Waals surface area contributed by atoms with Crippen LogP contribution >= 0.6 is 0 Å². The number of ether oxygens (including phenoxy) is 1. The van der Waals surface area contributed by atoms with E-state index in [1.54, 1.807) is 4.90 Å². The molecule has 2 aromatic carbocycles. The summed E-state index contributed by atoms with van der Waals surface area (Å²) in [6.45, 7) is 19.1. The molecular formula is C51H76N4O7. The quantitative estimate of drug-likeness (QED) is 0.0786. The van der Waals surface area contributed by atoms with E-state index in [-0.39, 0.29) is 67.6 Å². The van der Waals surface area contributed by atoms with Crippen LogP contribution in [0.2, 0.25) is 0 Å². The fraction of sp³-hybridized carbons (Fsp3) is 0.627. The average Bonchev–Trinajstić information content (AvgIpc) is 3.71.